The quantitative estimate of drug-likeness (QED) is 0.704. The van der Waals surface area contributed by atoms with Crippen LogP contribution in [0, 0.1) is 5.82 Å². The van der Waals surface area contributed by atoms with Gasteiger partial charge in [-0.1, -0.05) is 24.3 Å². The van der Waals surface area contributed by atoms with Gasteiger partial charge in [-0.25, -0.2) is 9.37 Å². The molecule has 0 radical (unpaired) electrons. The molecule has 5 nitrogen and oxygen atoms in total. The van der Waals surface area contributed by atoms with Crippen LogP contribution in [-0.2, 0) is 13.2 Å². The van der Waals surface area contributed by atoms with Gasteiger partial charge in [0.1, 0.15) is 12.4 Å². The highest BCUT2D eigenvalue weighted by Crippen LogP contribution is 2.20. The van der Waals surface area contributed by atoms with Crippen LogP contribution in [0.3, 0.4) is 0 Å². The SMILES string of the molecule is COc1ccccc1COc1ncc(F)c(NCc2cccs2)n1. The molecule has 0 saturated carbocycles. The van der Waals surface area contributed by atoms with Gasteiger partial charge in [0.05, 0.1) is 19.9 Å². The molecule has 0 unspecified atom stereocenters. The first-order valence-electron chi connectivity index (χ1n) is 7.30. The van der Waals surface area contributed by atoms with Crippen molar-refractivity contribution in [3.63, 3.8) is 0 Å². The highest BCUT2D eigenvalue weighted by molar-refractivity contribution is 7.09. The molecule has 0 aliphatic heterocycles. The monoisotopic (exact) mass is 345 g/mol. The topological polar surface area (TPSA) is 56.3 Å². The van der Waals surface area contributed by atoms with Crippen molar-refractivity contribution < 1.29 is 13.9 Å². The maximum atomic E-state index is 13.8. The molecule has 0 aliphatic rings. The Hall–Kier alpha value is -2.67. The van der Waals surface area contributed by atoms with Crippen LogP contribution in [0.2, 0.25) is 0 Å². The van der Waals surface area contributed by atoms with Crippen LogP contribution in [0.1, 0.15) is 10.4 Å². The van der Waals surface area contributed by atoms with E-state index in [0.717, 1.165) is 22.4 Å². The molecule has 0 aliphatic carbocycles. The molecule has 2 aromatic heterocycles. The lowest BCUT2D eigenvalue weighted by Crippen LogP contribution is -2.06. The molecule has 1 N–H and O–H groups in total. The van der Waals surface area contributed by atoms with Crippen LogP contribution in [0.25, 0.3) is 0 Å². The van der Waals surface area contributed by atoms with E-state index in [1.54, 1.807) is 18.4 Å². The smallest absolute Gasteiger partial charge is 0.318 e. The summed E-state index contributed by atoms with van der Waals surface area (Å²) in [4.78, 5) is 9.04. The summed E-state index contributed by atoms with van der Waals surface area (Å²) in [7, 11) is 1.60. The Morgan fingerprint density at radius 2 is 2.08 bits per heavy atom. The summed E-state index contributed by atoms with van der Waals surface area (Å²) in [5, 5.41) is 4.92. The molecule has 1 aromatic carbocycles. The van der Waals surface area contributed by atoms with Gasteiger partial charge >= 0.3 is 6.01 Å². The third-order valence-electron chi connectivity index (χ3n) is 3.28. The number of ether oxygens (including phenoxy) is 2. The zero-order valence-electron chi connectivity index (χ0n) is 13.0. The van der Waals surface area contributed by atoms with E-state index in [2.05, 4.69) is 15.3 Å². The van der Waals surface area contributed by atoms with Gasteiger partial charge in [0.15, 0.2) is 11.6 Å². The van der Waals surface area contributed by atoms with Crippen LogP contribution in [-0.4, -0.2) is 17.1 Å². The van der Waals surface area contributed by atoms with E-state index in [9.17, 15) is 4.39 Å². The number of nitrogens with one attached hydrogen (secondary N) is 1. The standard InChI is InChI=1S/C17H16FN3O2S/c1-22-15-7-3-2-5-12(15)11-23-17-20-10-14(18)16(21-17)19-9-13-6-4-8-24-13/h2-8,10H,9,11H2,1H3,(H,19,20,21). The molecule has 7 heteroatoms. The fraction of sp³-hybridized carbons (Fsp3) is 0.176. The minimum Gasteiger partial charge on any atom is -0.496 e. The van der Waals surface area contributed by atoms with Crippen molar-refractivity contribution in [1.82, 2.24) is 9.97 Å². The van der Waals surface area contributed by atoms with Gasteiger partial charge in [-0.05, 0) is 17.5 Å². The number of methoxy groups -OCH3 is 1. The molecular weight excluding hydrogens is 329 g/mol. The van der Waals surface area contributed by atoms with E-state index < -0.39 is 5.82 Å². The summed E-state index contributed by atoms with van der Waals surface area (Å²) in [6.07, 6.45) is 1.10. The van der Waals surface area contributed by atoms with E-state index in [4.69, 9.17) is 9.47 Å². The van der Waals surface area contributed by atoms with E-state index in [0.29, 0.717) is 6.54 Å². The Bertz CT molecular complexity index is 796. The van der Waals surface area contributed by atoms with Crippen molar-refractivity contribution in [2.24, 2.45) is 0 Å². The molecule has 0 fully saturated rings. The molecule has 3 aromatic rings. The first-order valence-corrected chi connectivity index (χ1v) is 8.17. The molecule has 0 saturated heterocycles. The molecule has 24 heavy (non-hydrogen) atoms. The maximum Gasteiger partial charge on any atom is 0.318 e. The zero-order chi connectivity index (χ0) is 16.8. The number of aromatic nitrogens is 2. The highest BCUT2D eigenvalue weighted by atomic mass is 32.1. The fourth-order valence-electron chi connectivity index (χ4n) is 2.09. The van der Waals surface area contributed by atoms with Crippen LogP contribution in [0.4, 0.5) is 10.2 Å². The Balaban J connectivity index is 1.66. The van der Waals surface area contributed by atoms with Gasteiger partial charge in [0.2, 0.25) is 0 Å². The van der Waals surface area contributed by atoms with Gasteiger partial charge < -0.3 is 14.8 Å². The summed E-state index contributed by atoms with van der Waals surface area (Å²) in [6.45, 7) is 0.734. The Labute approximate surface area is 143 Å². The molecular formula is C17H16FN3O2S. The van der Waals surface area contributed by atoms with Crippen molar-refractivity contribution in [3.8, 4) is 11.8 Å². The molecule has 3 rings (SSSR count). The number of anilines is 1. The maximum absolute atomic E-state index is 13.8. The third-order valence-corrected chi connectivity index (χ3v) is 4.16. The van der Waals surface area contributed by atoms with Crippen molar-refractivity contribution >= 4 is 17.2 Å². The number of hydrogen-bond donors (Lipinski definition) is 1. The lowest BCUT2D eigenvalue weighted by molar-refractivity contribution is 0.273. The predicted molar refractivity (Wildman–Crippen MR) is 91.0 cm³/mol. The van der Waals surface area contributed by atoms with Gasteiger partial charge in [0.25, 0.3) is 0 Å². The zero-order valence-corrected chi connectivity index (χ0v) is 13.8. The van der Waals surface area contributed by atoms with E-state index in [1.807, 2.05) is 41.8 Å². The van der Waals surface area contributed by atoms with Crippen molar-refractivity contribution in [2.75, 3.05) is 12.4 Å². The average molecular weight is 345 g/mol. The number of rotatable bonds is 7. The van der Waals surface area contributed by atoms with Crippen LogP contribution < -0.4 is 14.8 Å². The van der Waals surface area contributed by atoms with Gasteiger partial charge in [-0.3, -0.25) is 0 Å². The van der Waals surface area contributed by atoms with Crippen LogP contribution in [0.5, 0.6) is 11.8 Å². The van der Waals surface area contributed by atoms with Gasteiger partial charge in [-0.2, -0.15) is 4.98 Å². The number of halogens is 1. The first-order chi connectivity index (χ1) is 11.8. The minimum atomic E-state index is -0.517. The largest absolute Gasteiger partial charge is 0.496 e. The van der Waals surface area contributed by atoms with Crippen molar-refractivity contribution in [1.29, 1.82) is 0 Å². The summed E-state index contributed by atoms with van der Waals surface area (Å²) in [5.41, 5.74) is 0.862. The summed E-state index contributed by atoms with van der Waals surface area (Å²) in [6, 6.07) is 11.5. The number of thiophene rings is 1. The lowest BCUT2D eigenvalue weighted by atomic mass is 10.2. The number of benzene rings is 1. The second kappa shape index (κ2) is 7.74. The van der Waals surface area contributed by atoms with E-state index in [-0.39, 0.29) is 18.4 Å². The number of para-hydroxylation sites is 1. The Morgan fingerprint density at radius 3 is 2.88 bits per heavy atom. The minimum absolute atomic E-state index is 0.107. The molecule has 0 bridgehead atoms. The second-order valence-electron chi connectivity index (χ2n) is 4.88. The van der Waals surface area contributed by atoms with Gasteiger partial charge in [0, 0.05) is 10.4 Å². The third kappa shape index (κ3) is 3.99. The normalized spacial score (nSPS) is 10.4. The van der Waals surface area contributed by atoms with Crippen molar-refractivity contribution in [2.45, 2.75) is 13.2 Å². The molecule has 0 atom stereocenters. The second-order valence-corrected chi connectivity index (χ2v) is 5.91. The number of hydrogen-bond acceptors (Lipinski definition) is 6. The Kier molecular flexibility index (Phi) is 5.22. The van der Waals surface area contributed by atoms with E-state index in [1.165, 1.54) is 0 Å². The van der Waals surface area contributed by atoms with E-state index >= 15 is 0 Å². The fourth-order valence-corrected chi connectivity index (χ4v) is 2.74. The molecule has 0 amide bonds. The molecule has 2 heterocycles. The van der Waals surface area contributed by atoms with Crippen molar-refractivity contribution in [3.05, 3.63) is 64.2 Å². The Morgan fingerprint density at radius 1 is 1.21 bits per heavy atom. The number of nitrogens with zero attached hydrogens (tertiary/aromatic N) is 2. The highest BCUT2D eigenvalue weighted by Gasteiger charge is 2.09. The lowest BCUT2D eigenvalue weighted by Gasteiger charge is -2.10. The first kappa shape index (κ1) is 16.2. The molecule has 0 spiro atoms. The average Bonchev–Trinajstić information content (AvgIpc) is 3.13. The summed E-state index contributed by atoms with van der Waals surface area (Å²) < 4.78 is 24.6. The summed E-state index contributed by atoms with van der Waals surface area (Å²) in [5.74, 6) is 0.320. The van der Waals surface area contributed by atoms with Crippen LogP contribution >= 0.6 is 11.3 Å². The van der Waals surface area contributed by atoms with Crippen LogP contribution in [0.15, 0.2) is 48.0 Å². The molecule has 124 valence electrons. The van der Waals surface area contributed by atoms with Gasteiger partial charge in [-0.15, -0.1) is 11.3 Å². The predicted octanol–water partition coefficient (Wildman–Crippen LogP) is 3.88. The summed E-state index contributed by atoms with van der Waals surface area (Å²) >= 11 is 1.59.